The van der Waals surface area contributed by atoms with Crippen LogP contribution in [-0.4, -0.2) is 232 Å². The lowest BCUT2D eigenvalue weighted by molar-refractivity contribution is -0.396. The van der Waals surface area contributed by atoms with Gasteiger partial charge in [0.15, 0.2) is 18.9 Å². The molecule has 21 atom stereocenters. The van der Waals surface area contributed by atoms with Gasteiger partial charge in [-0.3, -0.25) is 4.79 Å². The van der Waals surface area contributed by atoms with Crippen LogP contribution in [0.25, 0.3) is 0 Å². The van der Waals surface area contributed by atoms with Gasteiger partial charge in [0.2, 0.25) is 5.91 Å². The summed E-state index contributed by atoms with van der Waals surface area (Å²) in [5.41, 5.74) is 0. The molecule has 0 bridgehead atoms. The highest BCUT2D eigenvalue weighted by molar-refractivity contribution is 5.76. The molecule has 0 aliphatic carbocycles. The van der Waals surface area contributed by atoms with Gasteiger partial charge in [-0.2, -0.15) is 0 Å². The van der Waals surface area contributed by atoms with Gasteiger partial charge in [-0.25, -0.2) is 4.79 Å². The quantitative estimate of drug-likeness (QED) is 0.0825. The van der Waals surface area contributed by atoms with E-state index in [9.17, 15) is 81.1 Å². The summed E-state index contributed by atoms with van der Waals surface area (Å²) in [7, 11) is 0. The second-order valence-corrected chi connectivity index (χ2v) is 13.3. The minimum atomic E-state index is -3.10. The van der Waals surface area contributed by atoms with Crippen LogP contribution in [0.3, 0.4) is 0 Å². The maximum atomic E-state index is 12.8. The fourth-order valence-corrected chi connectivity index (χ4v) is 6.58. The number of ether oxygens (including phenoxy) is 7. The highest BCUT2D eigenvalue weighted by atomic mass is 16.8. The van der Waals surface area contributed by atoms with Gasteiger partial charge in [0.25, 0.3) is 5.79 Å². The molecule has 308 valence electrons. The number of carboxylic acids is 1. The van der Waals surface area contributed by atoms with Crippen LogP contribution in [0.2, 0.25) is 0 Å². The summed E-state index contributed by atoms with van der Waals surface area (Å²) in [6.07, 6.45) is -37.3. The van der Waals surface area contributed by atoms with Gasteiger partial charge in [0.05, 0.1) is 38.1 Å². The monoisotopic (exact) mass is 779 g/mol. The fraction of sp³-hybridized carbons (Fsp3) is 0.931. The molecule has 24 heteroatoms. The number of hydrogen-bond acceptors (Lipinski definition) is 22. The van der Waals surface area contributed by atoms with Crippen molar-refractivity contribution in [2.24, 2.45) is 0 Å². The third-order valence-electron chi connectivity index (χ3n) is 9.54. The molecule has 0 unspecified atom stereocenters. The largest absolute Gasteiger partial charge is 0.477 e. The van der Waals surface area contributed by atoms with Crippen LogP contribution in [-0.2, 0) is 42.7 Å². The number of aliphatic carboxylic acids is 1. The van der Waals surface area contributed by atoms with Crippen molar-refractivity contribution in [3.05, 3.63) is 0 Å². The van der Waals surface area contributed by atoms with E-state index >= 15 is 0 Å². The zero-order valence-electron chi connectivity index (χ0n) is 28.3. The molecule has 0 spiro atoms. The van der Waals surface area contributed by atoms with Crippen molar-refractivity contribution in [3.8, 4) is 0 Å². The number of rotatable bonds is 13. The van der Waals surface area contributed by atoms with Gasteiger partial charge in [0, 0.05) is 13.3 Å². The Balaban J connectivity index is 1.66. The number of aliphatic hydroxyl groups excluding tert-OH is 13. The second kappa shape index (κ2) is 17.9. The maximum absolute atomic E-state index is 12.8. The summed E-state index contributed by atoms with van der Waals surface area (Å²) in [6, 6.07) is -1.59. The lowest BCUT2D eigenvalue weighted by Crippen LogP contribution is -2.71. The molecule has 0 saturated carbocycles. The van der Waals surface area contributed by atoms with Gasteiger partial charge in [-0.1, -0.05) is 0 Å². The number of amides is 1. The lowest BCUT2D eigenvalue weighted by atomic mass is 9.88. The van der Waals surface area contributed by atoms with E-state index in [4.69, 9.17) is 33.2 Å². The first-order chi connectivity index (χ1) is 24.8. The van der Waals surface area contributed by atoms with Crippen molar-refractivity contribution in [2.75, 3.05) is 19.8 Å². The van der Waals surface area contributed by atoms with Crippen LogP contribution in [0.4, 0.5) is 0 Å². The highest BCUT2D eigenvalue weighted by Crippen LogP contribution is 2.39. The zero-order valence-corrected chi connectivity index (χ0v) is 28.3. The normalized spacial score (nSPS) is 47.8. The molecule has 4 heterocycles. The third kappa shape index (κ3) is 9.08. The van der Waals surface area contributed by atoms with E-state index in [-0.39, 0.29) is 0 Å². The van der Waals surface area contributed by atoms with E-state index < -0.39 is 166 Å². The Hall–Kier alpha value is -1.86. The van der Waals surface area contributed by atoms with Crippen molar-refractivity contribution >= 4 is 11.9 Å². The van der Waals surface area contributed by atoms with Crippen molar-refractivity contribution < 1.29 is 114 Å². The standard InChI is InChI=1S/C29H49NO23/c1-7-14(37)17(40)18(41)26(47-7)51-24-19(42)25(44)48-12(6-33)21(24)50-27-20(43)23(16(39)11(5-32)49-27)53-29(28(45)46)3-9(35)13(30-8(2)34)22(52-29)15(38)10(36)4-31/h7,9-27,31-33,35-44H,3-6H2,1-2H3,(H,30,34)(H,45,46)/t7-,9-,10+,11+,12+,13+,14+,15+,16-,17+,18-,19+,20+,21+,22+,23-,24+,25-,26-,27-,29+/m0/s1. The van der Waals surface area contributed by atoms with E-state index in [0.29, 0.717) is 0 Å². The Labute approximate surface area is 300 Å². The van der Waals surface area contributed by atoms with Crippen LogP contribution >= 0.6 is 0 Å². The first kappa shape index (κ1) is 43.9. The molecule has 15 N–H and O–H groups in total. The Morgan fingerprint density at radius 1 is 0.774 bits per heavy atom. The SMILES string of the molecule is CC(=O)N[C@H]1[C@H]([C@H](O)[C@H](O)CO)O[C@](O[C@H]2[C@@H](O)[C@@H](CO)O[C@@H](O[C@H]3[C@H](O[C@@H]4O[C@@H](C)[C@@H](O)[C@@H](O)[C@@H]4O)[C@@H](O)[C@@H](O)O[C@@H]3CO)[C@@H]2O)(C(=O)O)C[C@@H]1O. The average molecular weight is 780 g/mol. The summed E-state index contributed by atoms with van der Waals surface area (Å²) >= 11 is 0. The molecule has 0 aromatic rings. The number of carbonyl (C=O) groups excluding carboxylic acids is 1. The smallest absolute Gasteiger partial charge is 0.364 e. The molecule has 4 fully saturated rings. The van der Waals surface area contributed by atoms with Gasteiger partial charge in [-0.05, 0) is 6.92 Å². The highest BCUT2D eigenvalue weighted by Gasteiger charge is 2.60. The van der Waals surface area contributed by atoms with Crippen molar-refractivity contribution in [2.45, 2.75) is 149 Å². The van der Waals surface area contributed by atoms with Gasteiger partial charge < -0.3 is 110 Å². The summed E-state index contributed by atoms with van der Waals surface area (Å²) in [5, 5.41) is 148. The van der Waals surface area contributed by atoms with E-state index in [1.165, 1.54) is 6.92 Å². The molecule has 4 rings (SSSR count). The number of nitrogens with one attached hydrogen (secondary N) is 1. The molecular weight excluding hydrogens is 730 g/mol. The topological polar surface area (TPSA) is 394 Å². The molecule has 24 nitrogen and oxygen atoms in total. The van der Waals surface area contributed by atoms with E-state index in [2.05, 4.69) is 5.32 Å². The minimum Gasteiger partial charge on any atom is -0.477 e. The van der Waals surface area contributed by atoms with E-state index in [1.807, 2.05) is 0 Å². The predicted octanol–water partition coefficient (Wildman–Crippen LogP) is -9.37. The number of aliphatic hydroxyl groups is 13. The fourth-order valence-electron chi connectivity index (χ4n) is 6.58. The molecule has 4 aliphatic rings. The maximum Gasteiger partial charge on any atom is 0.364 e. The Kier molecular flexibility index (Phi) is 14.9. The van der Waals surface area contributed by atoms with Crippen LogP contribution in [0.5, 0.6) is 0 Å². The first-order valence-electron chi connectivity index (χ1n) is 16.6. The van der Waals surface area contributed by atoms with Crippen molar-refractivity contribution in [1.82, 2.24) is 5.32 Å². The number of carbonyl (C=O) groups is 2. The number of hydrogen-bond donors (Lipinski definition) is 15. The van der Waals surface area contributed by atoms with Gasteiger partial charge >= 0.3 is 5.97 Å². The molecular formula is C29H49NO23. The zero-order chi connectivity index (χ0) is 39.7. The van der Waals surface area contributed by atoms with Crippen LogP contribution < -0.4 is 5.32 Å². The summed E-state index contributed by atoms with van der Waals surface area (Å²) in [6.45, 7) is -0.758. The minimum absolute atomic E-state index is 0.779. The lowest BCUT2D eigenvalue weighted by Gasteiger charge is -2.51. The molecule has 1 amide bonds. The van der Waals surface area contributed by atoms with Crippen molar-refractivity contribution in [3.63, 3.8) is 0 Å². The van der Waals surface area contributed by atoms with E-state index in [0.717, 1.165) is 6.92 Å². The predicted molar refractivity (Wildman–Crippen MR) is 161 cm³/mol. The molecule has 0 radical (unpaired) electrons. The molecule has 0 aromatic heterocycles. The molecule has 4 saturated heterocycles. The van der Waals surface area contributed by atoms with Crippen LogP contribution in [0.1, 0.15) is 20.3 Å². The van der Waals surface area contributed by atoms with Crippen LogP contribution in [0, 0.1) is 0 Å². The third-order valence-corrected chi connectivity index (χ3v) is 9.54. The van der Waals surface area contributed by atoms with Gasteiger partial charge in [-0.15, -0.1) is 0 Å². The van der Waals surface area contributed by atoms with Crippen molar-refractivity contribution in [1.29, 1.82) is 0 Å². The number of carboxylic acid groups (broad SMARTS) is 1. The Bertz CT molecular complexity index is 1220. The Morgan fingerprint density at radius 3 is 1.94 bits per heavy atom. The van der Waals surface area contributed by atoms with Gasteiger partial charge in [0.1, 0.15) is 85.5 Å². The Morgan fingerprint density at radius 2 is 1.38 bits per heavy atom. The first-order valence-corrected chi connectivity index (χ1v) is 16.6. The molecule has 4 aliphatic heterocycles. The second-order valence-electron chi connectivity index (χ2n) is 13.3. The molecule has 0 aromatic carbocycles. The van der Waals surface area contributed by atoms with E-state index in [1.54, 1.807) is 0 Å². The summed E-state index contributed by atoms with van der Waals surface area (Å²) in [4.78, 5) is 24.6. The summed E-state index contributed by atoms with van der Waals surface area (Å²) in [5.74, 6) is -5.90. The molecule has 53 heavy (non-hydrogen) atoms. The average Bonchev–Trinajstić information content (AvgIpc) is 3.11. The summed E-state index contributed by atoms with van der Waals surface area (Å²) < 4.78 is 38.8. The van der Waals surface area contributed by atoms with Crippen LogP contribution in [0.15, 0.2) is 0 Å².